The van der Waals surface area contributed by atoms with Gasteiger partial charge in [0, 0.05) is 30.4 Å². The number of imidazole rings is 1. The van der Waals surface area contributed by atoms with E-state index in [4.69, 9.17) is 0 Å². The molecule has 11 heteroatoms. The lowest BCUT2D eigenvalue weighted by Crippen LogP contribution is -2.46. The van der Waals surface area contributed by atoms with Crippen molar-refractivity contribution >= 4 is 11.5 Å². The molecule has 1 aliphatic rings. The van der Waals surface area contributed by atoms with E-state index < -0.39 is 35.4 Å². The van der Waals surface area contributed by atoms with Crippen LogP contribution in [0.25, 0.3) is 17.0 Å². The maximum atomic E-state index is 14.3. The molecule has 4 rings (SSSR count). The van der Waals surface area contributed by atoms with E-state index in [0.29, 0.717) is 26.4 Å². The molecule has 166 valence electrons. The molecule has 3 N–H and O–H groups in total. The van der Waals surface area contributed by atoms with Gasteiger partial charge in [0.1, 0.15) is 23.5 Å². The fourth-order valence-electron chi connectivity index (χ4n) is 3.48. The van der Waals surface area contributed by atoms with Crippen LogP contribution in [0, 0.1) is 5.82 Å². The highest BCUT2D eigenvalue weighted by Crippen LogP contribution is 2.38. The van der Waals surface area contributed by atoms with Gasteiger partial charge in [-0.3, -0.25) is 4.40 Å². The molecule has 3 unspecified atom stereocenters. The van der Waals surface area contributed by atoms with Crippen LogP contribution in [0.3, 0.4) is 0 Å². The van der Waals surface area contributed by atoms with Crippen molar-refractivity contribution in [2.75, 3.05) is 18.4 Å². The predicted molar refractivity (Wildman–Crippen MR) is 104 cm³/mol. The van der Waals surface area contributed by atoms with Crippen LogP contribution in [0.15, 0.2) is 36.7 Å². The monoisotopic (exact) mass is 441 g/mol. The zero-order valence-electron chi connectivity index (χ0n) is 16.4. The first kappa shape index (κ1) is 21.4. The van der Waals surface area contributed by atoms with Gasteiger partial charge in [-0.15, -0.1) is 0 Å². The van der Waals surface area contributed by atoms with Gasteiger partial charge in [0.15, 0.2) is 5.60 Å². The molecular weight excluding hydrogens is 421 g/mol. The van der Waals surface area contributed by atoms with E-state index in [2.05, 4.69) is 20.6 Å². The van der Waals surface area contributed by atoms with Gasteiger partial charge >= 0.3 is 6.18 Å². The van der Waals surface area contributed by atoms with Gasteiger partial charge in [0.2, 0.25) is 0 Å². The third-order valence-corrected chi connectivity index (χ3v) is 5.40. The Kier molecular flexibility index (Phi) is 5.34. The third kappa shape index (κ3) is 4.07. The van der Waals surface area contributed by atoms with Gasteiger partial charge in [-0.2, -0.15) is 13.2 Å². The molecule has 3 aromatic heterocycles. The molecular formula is C20H20F5N5O. The average molecular weight is 441 g/mol. The molecule has 31 heavy (non-hydrogen) atoms. The minimum Gasteiger partial charge on any atom is -0.376 e. The van der Waals surface area contributed by atoms with Crippen LogP contribution in [-0.2, 0) is 5.60 Å². The van der Waals surface area contributed by atoms with Gasteiger partial charge in [0.05, 0.1) is 23.6 Å². The summed E-state index contributed by atoms with van der Waals surface area (Å²) in [4.78, 5) is 8.42. The van der Waals surface area contributed by atoms with Crippen molar-refractivity contribution in [3.63, 3.8) is 0 Å². The number of piperidine rings is 1. The van der Waals surface area contributed by atoms with Crippen molar-refractivity contribution in [2.24, 2.45) is 0 Å². The lowest BCUT2D eigenvalue weighted by Gasteiger charge is -2.28. The number of anilines is 1. The topological polar surface area (TPSA) is 74.5 Å². The Morgan fingerprint density at radius 2 is 2.03 bits per heavy atom. The van der Waals surface area contributed by atoms with Crippen molar-refractivity contribution in [3.05, 3.63) is 48.0 Å². The summed E-state index contributed by atoms with van der Waals surface area (Å²) in [7, 11) is 0. The van der Waals surface area contributed by atoms with Gasteiger partial charge in [-0.1, -0.05) is 6.07 Å². The van der Waals surface area contributed by atoms with Crippen molar-refractivity contribution in [3.8, 4) is 11.4 Å². The number of rotatable bonds is 4. The minimum atomic E-state index is -4.90. The van der Waals surface area contributed by atoms with Crippen LogP contribution in [-0.4, -0.2) is 51.0 Å². The van der Waals surface area contributed by atoms with E-state index in [1.165, 1.54) is 16.7 Å². The number of aliphatic hydroxyl groups is 1. The molecule has 0 aromatic carbocycles. The van der Waals surface area contributed by atoms with Crippen molar-refractivity contribution in [1.29, 1.82) is 0 Å². The standard InChI is InChI=1S/C20H20F5N5O/c1-19(31,20(23,24)25)11-2-3-18-27-9-16(30(18)10-11)14-6-12(21)7-17(28-14)29-15-8-26-5-4-13(15)22/h2-3,6-7,9-10,13,15,26,31H,4-5,8H2,1H3,(H,28,29). The molecule has 1 aliphatic heterocycles. The van der Waals surface area contributed by atoms with Gasteiger partial charge in [0.25, 0.3) is 0 Å². The van der Waals surface area contributed by atoms with Crippen LogP contribution in [0.5, 0.6) is 0 Å². The van der Waals surface area contributed by atoms with E-state index >= 15 is 0 Å². The summed E-state index contributed by atoms with van der Waals surface area (Å²) in [5, 5.41) is 15.9. The molecule has 1 fully saturated rings. The van der Waals surface area contributed by atoms with Crippen molar-refractivity contribution in [1.82, 2.24) is 19.7 Å². The van der Waals surface area contributed by atoms with Crippen LogP contribution in [0.1, 0.15) is 18.9 Å². The number of hydrogen-bond donors (Lipinski definition) is 3. The summed E-state index contributed by atoms with van der Waals surface area (Å²) in [6.45, 7) is 1.55. The summed E-state index contributed by atoms with van der Waals surface area (Å²) in [5.41, 5.74) is -2.89. The zero-order valence-corrected chi connectivity index (χ0v) is 16.4. The van der Waals surface area contributed by atoms with Gasteiger partial charge in [-0.05, 0) is 26.0 Å². The van der Waals surface area contributed by atoms with E-state index in [9.17, 15) is 27.1 Å². The number of alkyl halides is 4. The number of nitrogens with one attached hydrogen (secondary N) is 2. The second kappa shape index (κ2) is 7.72. The summed E-state index contributed by atoms with van der Waals surface area (Å²) in [6.07, 6.45) is -3.28. The van der Waals surface area contributed by atoms with Crippen molar-refractivity contribution < 1.29 is 27.1 Å². The molecule has 1 saturated heterocycles. The van der Waals surface area contributed by atoms with Crippen LogP contribution >= 0.6 is 0 Å². The first-order chi connectivity index (χ1) is 14.6. The Labute approximate surface area is 174 Å². The van der Waals surface area contributed by atoms with Crippen LogP contribution < -0.4 is 10.6 Å². The fourth-order valence-corrected chi connectivity index (χ4v) is 3.48. The normalized spacial score (nSPS) is 21.8. The SMILES string of the molecule is CC(O)(c1ccc2ncc(-c3cc(F)cc(NC4CNCCC4F)n3)n2c1)C(F)(F)F. The van der Waals surface area contributed by atoms with E-state index in [1.54, 1.807) is 0 Å². The average Bonchev–Trinajstić information content (AvgIpc) is 3.12. The number of halogens is 5. The zero-order chi connectivity index (χ0) is 22.4. The molecule has 0 spiro atoms. The molecule has 4 heterocycles. The Balaban J connectivity index is 1.73. The second-order valence-corrected chi connectivity index (χ2v) is 7.67. The molecule has 3 aromatic rings. The molecule has 0 aliphatic carbocycles. The fraction of sp³-hybridized carbons (Fsp3) is 0.400. The quantitative estimate of drug-likeness (QED) is 0.541. The number of hydrogen-bond acceptors (Lipinski definition) is 5. The molecule has 0 saturated carbocycles. The maximum Gasteiger partial charge on any atom is 0.421 e. The smallest absolute Gasteiger partial charge is 0.376 e. The lowest BCUT2D eigenvalue weighted by molar-refractivity contribution is -0.259. The number of pyridine rings is 2. The Morgan fingerprint density at radius 3 is 2.74 bits per heavy atom. The summed E-state index contributed by atoms with van der Waals surface area (Å²) in [5.74, 6) is -0.556. The number of aromatic nitrogens is 3. The summed E-state index contributed by atoms with van der Waals surface area (Å²) < 4.78 is 69.4. The number of fused-ring (bicyclic) bond motifs is 1. The van der Waals surface area contributed by atoms with Crippen LogP contribution in [0.4, 0.5) is 27.8 Å². The Hall–Kier alpha value is -2.79. The highest BCUT2D eigenvalue weighted by atomic mass is 19.4. The predicted octanol–water partition coefficient (Wildman–Crippen LogP) is 3.42. The van der Waals surface area contributed by atoms with Crippen LogP contribution in [0.2, 0.25) is 0 Å². The first-order valence-electron chi connectivity index (χ1n) is 9.62. The molecule has 6 nitrogen and oxygen atoms in total. The van der Waals surface area contributed by atoms with E-state index in [1.807, 2.05) is 0 Å². The third-order valence-electron chi connectivity index (χ3n) is 5.40. The molecule has 0 bridgehead atoms. The molecule has 0 radical (unpaired) electrons. The highest BCUT2D eigenvalue weighted by Gasteiger charge is 2.51. The van der Waals surface area contributed by atoms with E-state index in [-0.39, 0.29) is 22.9 Å². The van der Waals surface area contributed by atoms with Gasteiger partial charge in [-0.25, -0.2) is 18.7 Å². The minimum absolute atomic E-state index is 0.0954. The largest absolute Gasteiger partial charge is 0.421 e. The Morgan fingerprint density at radius 1 is 1.26 bits per heavy atom. The molecule has 3 atom stereocenters. The lowest BCUT2D eigenvalue weighted by atomic mass is 9.97. The first-order valence-corrected chi connectivity index (χ1v) is 9.62. The summed E-state index contributed by atoms with van der Waals surface area (Å²) >= 11 is 0. The second-order valence-electron chi connectivity index (χ2n) is 7.67. The molecule has 0 amide bonds. The van der Waals surface area contributed by atoms with Crippen molar-refractivity contribution in [2.45, 2.75) is 37.3 Å². The maximum absolute atomic E-state index is 14.3. The summed E-state index contributed by atoms with van der Waals surface area (Å²) in [6, 6.07) is 4.08. The number of nitrogens with zero attached hydrogens (tertiary/aromatic N) is 3. The van der Waals surface area contributed by atoms with E-state index in [0.717, 1.165) is 24.4 Å². The Bertz CT molecular complexity index is 1100. The van der Waals surface area contributed by atoms with Gasteiger partial charge < -0.3 is 15.7 Å². The highest BCUT2D eigenvalue weighted by molar-refractivity contribution is 5.62.